The van der Waals surface area contributed by atoms with Crippen molar-refractivity contribution < 1.29 is 5.11 Å². The molecular weight excluding hydrogens is 258 g/mol. The second-order valence-electron chi connectivity index (χ2n) is 3.69. The molecule has 0 saturated heterocycles. The van der Waals surface area contributed by atoms with Crippen LogP contribution in [0.1, 0.15) is 16.7 Å². The first-order chi connectivity index (χ1) is 8.22. The topological polar surface area (TPSA) is 50.1 Å². The van der Waals surface area contributed by atoms with Crippen molar-refractivity contribution in [3.05, 3.63) is 39.6 Å². The van der Waals surface area contributed by atoms with Crippen molar-refractivity contribution in [2.45, 2.75) is 12.6 Å². The summed E-state index contributed by atoms with van der Waals surface area (Å²) >= 11 is 7.61. The zero-order valence-electron chi connectivity index (χ0n) is 9.43. The van der Waals surface area contributed by atoms with Crippen LogP contribution in [0.25, 0.3) is 0 Å². The summed E-state index contributed by atoms with van der Waals surface area (Å²) in [5.41, 5.74) is 0. The molecule has 2 aromatic rings. The van der Waals surface area contributed by atoms with Crippen LogP contribution in [0.2, 0.25) is 5.15 Å². The first-order valence-corrected chi connectivity index (χ1v) is 6.52. The van der Waals surface area contributed by atoms with E-state index in [0.29, 0.717) is 11.7 Å². The molecular formula is C11H14ClN3OS. The fourth-order valence-corrected chi connectivity index (χ4v) is 2.39. The zero-order chi connectivity index (χ0) is 12.3. The summed E-state index contributed by atoms with van der Waals surface area (Å²) < 4.78 is 1.77. The molecule has 1 atom stereocenters. The van der Waals surface area contributed by atoms with Crippen LogP contribution in [0.5, 0.6) is 0 Å². The molecule has 0 aliphatic heterocycles. The number of thiophene rings is 1. The predicted octanol–water partition coefficient (Wildman–Crippen LogP) is 1.96. The summed E-state index contributed by atoms with van der Waals surface area (Å²) in [7, 11) is 1.83. The van der Waals surface area contributed by atoms with Gasteiger partial charge >= 0.3 is 0 Å². The van der Waals surface area contributed by atoms with E-state index in [0.717, 1.165) is 5.82 Å². The number of hydrogen-bond acceptors (Lipinski definition) is 4. The maximum absolute atomic E-state index is 9.39. The maximum Gasteiger partial charge on any atom is 0.129 e. The van der Waals surface area contributed by atoms with E-state index in [-0.39, 0.29) is 12.6 Å². The Morgan fingerprint density at radius 3 is 3.00 bits per heavy atom. The first kappa shape index (κ1) is 12.6. The van der Waals surface area contributed by atoms with Crippen molar-refractivity contribution in [3.8, 4) is 0 Å². The van der Waals surface area contributed by atoms with Crippen molar-refractivity contribution >= 4 is 22.9 Å². The third kappa shape index (κ3) is 2.87. The number of aromatic nitrogens is 2. The van der Waals surface area contributed by atoms with E-state index in [1.165, 1.54) is 4.88 Å². The van der Waals surface area contributed by atoms with Crippen LogP contribution in [-0.2, 0) is 13.6 Å². The molecule has 0 aliphatic carbocycles. The van der Waals surface area contributed by atoms with Crippen LogP contribution in [0.15, 0.2) is 23.7 Å². The minimum atomic E-state index is -0.199. The highest BCUT2D eigenvalue weighted by Crippen LogP contribution is 2.17. The van der Waals surface area contributed by atoms with E-state index < -0.39 is 0 Å². The molecule has 0 amide bonds. The SMILES string of the molecule is Cn1c(Cl)cnc1C(CO)NCc1cccs1. The van der Waals surface area contributed by atoms with Gasteiger partial charge in [0.05, 0.1) is 18.8 Å². The molecule has 2 heterocycles. The minimum absolute atomic E-state index is 0.00738. The monoisotopic (exact) mass is 271 g/mol. The van der Waals surface area contributed by atoms with Gasteiger partial charge in [-0.2, -0.15) is 0 Å². The average molecular weight is 272 g/mol. The summed E-state index contributed by atoms with van der Waals surface area (Å²) in [4.78, 5) is 5.42. The molecule has 92 valence electrons. The second kappa shape index (κ2) is 5.64. The second-order valence-corrected chi connectivity index (χ2v) is 5.11. The zero-order valence-corrected chi connectivity index (χ0v) is 11.0. The molecule has 2 aromatic heterocycles. The van der Waals surface area contributed by atoms with Crippen LogP contribution < -0.4 is 5.32 Å². The number of hydrogen-bond donors (Lipinski definition) is 2. The number of imidazole rings is 1. The van der Waals surface area contributed by atoms with Gasteiger partial charge in [-0.1, -0.05) is 17.7 Å². The third-order valence-corrected chi connectivity index (χ3v) is 3.79. The summed E-state index contributed by atoms with van der Waals surface area (Å²) in [5, 5.41) is 15.2. The molecule has 0 aliphatic rings. The summed E-state index contributed by atoms with van der Waals surface area (Å²) in [5.74, 6) is 0.744. The van der Waals surface area contributed by atoms with Gasteiger partial charge in [0.25, 0.3) is 0 Å². The van der Waals surface area contributed by atoms with Gasteiger partial charge in [-0.3, -0.25) is 0 Å². The van der Waals surface area contributed by atoms with Crippen LogP contribution in [0, 0.1) is 0 Å². The fraction of sp³-hybridized carbons (Fsp3) is 0.364. The fourth-order valence-electron chi connectivity index (χ4n) is 1.60. The van der Waals surface area contributed by atoms with Gasteiger partial charge in [0, 0.05) is 18.5 Å². The Hall–Kier alpha value is -0.880. The van der Waals surface area contributed by atoms with Gasteiger partial charge in [-0.05, 0) is 11.4 Å². The summed E-state index contributed by atoms with van der Waals surface area (Å²) in [6.07, 6.45) is 1.59. The van der Waals surface area contributed by atoms with Crippen molar-refractivity contribution in [1.29, 1.82) is 0 Å². The summed E-state index contributed by atoms with van der Waals surface area (Å²) in [6.45, 7) is 0.708. The highest BCUT2D eigenvalue weighted by atomic mass is 35.5. The van der Waals surface area contributed by atoms with Crippen LogP contribution in [-0.4, -0.2) is 21.3 Å². The van der Waals surface area contributed by atoms with Gasteiger partial charge in [-0.15, -0.1) is 11.3 Å². The van der Waals surface area contributed by atoms with E-state index >= 15 is 0 Å². The molecule has 0 fully saturated rings. The van der Waals surface area contributed by atoms with Crippen molar-refractivity contribution in [1.82, 2.24) is 14.9 Å². The molecule has 1 unspecified atom stereocenters. The molecule has 2 N–H and O–H groups in total. The standard InChI is InChI=1S/C11H14ClN3OS/c1-15-10(12)6-14-11(15)9(7-16)13-5-8-3-2-4-17-8/h2-4,6,9,13,16H,5,7H2,1H3. The van der Waals surface area contributed by atoms with Gasteiger partial charge in [0.15, 0.2) is 0 Å². The van der Waals surface area contributed by atoms with E-state index in [2.05, 4.69) is 16.4 Å². The Morgan fingerprint density at radius 2 is 2.47 bits per heavy atom. The molecule has 0 saturated carbocycles. The first-order valence-electron chi connectivity index (χ1n) is 5.26. The molecule has 0 bridgehead atoms. The van der Waals surface area contributed by atoms with E-state index in [9.17, 15) is 5.11 Å². The normalized spacial score (nSPS) is 12.9. The molecule has 6 heteroatoms. The Kier molecular flexibility index (Phi) is 4.17. The molecule has 0 spiro atoms. The summed E-state index contributed by atoms with van der Waals surface area (Å²) in [6, 6.07) is 3.86. The van der Waals surface area contributed by atoms with E-state index in [1.807, 2.05) is 18.5 Å². The highest BCUT2D eigenvalue weighted by Gasteiger charge is 2.16. The lowest BCUT2D eigenvalue weighted by Gasteiger charge is -2.15. The number of rotatable bonds is 5. The number of halogens is 1. The highest BCUT2D eigenvalue weighted by molar-refractivity contribution is 7.09. The lowest BCUT2D eigenvalue weighted by atomic mass is 10.3. The van der Waals surface area contributed by atoms with E-state index in [1.54, 1.807) is 22.1 Å². The Bertz CT molecular complexity index is 469. The maximum atomic E-state index is 9.39. The van der Waals surface area contributed by atoms with Gasteiger partial charge in [0.1, 0.15) is 11.0 Å². The van der Waals surface area contributed by atoms with E-state index in [4.69, 9.17) is 11.6 Å². The Morgan fingerprint density at radius 1 is 1.65 bits per heavy atom. The average Bonchev–Trinajstić information content (AvgIpc) is 2.94. The number of aliphatic hydroxyl groups excluding tert-OH is 1. The van der Waals surface area contributed by atoms with Crippen molar-refractivity contribution in [2.75, 3.05) is 6.61 Å². The van der Waals surface area contributed by atoms with Crippen LogP contribution in [0.4, 0.5) is 0 Å². The number of nitrogens with zero attached hydrogens (tertiary/aromatic N) is 2. The minimum Gasteiger partial charge on any atom is -0.394 e. The van der Waals surface area contributed by atoms with Gasteiger partial charge in [0.2, 0.25) is 0 Å². The number of aliphatic hydroxyl groups is 1. The van der Waals surface area contributed by atoms with Gasteiger partial charge < -0.3 is 15.0 Å². The molecule has 17 heavy (non-hydrogen) atoms. The Balaban J connectivity index is 2.04. The van der Waals surface area contributed by atoms with Crippen molar-refractivity contribution in [3.63, 3.8) is 0 Å². The molecule has 2 rings (SSSR count). The van der Waals surface area contributed by atoms with Crippen molar-refractivity contribution in [2.24, 2.45) is 7.05 Å². The lowest BCUT2D eigenvalue weighted by molar-refractivity contribution is 0.236. The quantitative estimate of drug-likeness (QED) is 0.874. The molecule has 0 aromatic carbocycles. The van der Waals surface area contributed by atoms with Gasteiger partial charge in [-0.25, -0.2) is 4.98 Å². The van der Waals surface area contributed by atoms with Crippen LogP contribution in [0.3, 0.4) is 0 Å². The largest absolute Gasteiger partial charge is 0.394 e. The smallest absolute Gasteiger partial charge is 0.129 e. The van der Waals surface area contributed by atoms with Crippen LogP contribution >= 0.6 is 22.9 Å². The molecule has 4 nitrogen and oxygen atoms in total. The predicted molar refractivity (Wildman–Crippen MR) is 69.2 cm³/mol. The molecule has 0 radical (unpaired) electrons. The lowest BCUT2D eigenvalue weighted by Crippen LogP contribution is -2.26. The Labute approximate surface area is 109 Å². The third-order valence-electron chi connectivity index (χ3n) is 2.56. The number of nitrogens with one attached hydrogen (secondary N) is 1.